The molecule has 0 unspecified atom stereocenters. The van der Waals surface area contributed by atoms with Crippen LogP contribution >= 0.6 is 11.6 Å². The van der Waals surface area contributed by atoms with Crippen LogP contribution in [0.1, 0.15) is 17.8 Å². The summed E-state index contributed by atoms with van der Waals surface area (Å²) < 4.78 is 1.70. The number of aryl methyl sites for hydroxylation is 2. The molecule has 2 N–H and O–H groups in total. The van der Waals surface area contributed by atoms with Crippen LogP contribution in [-0.4, -0.2) is 26.8 Å². The molecular formula is C11H14ClN5. The van der Waals surface area contributed by atoms with Gasteiger partial charge in [0.05, 0.1) is 5.69 Å². The number of halogens is 1. The third-order valence-electron chi connectivity index (χ3n) is 2.54. The van der Waals surface area contributed by atoms with Crippen LogP contribution in [0.25, 0.3) is 5.69 Å². The second-order valence-electron chi connectivity index (χ2n) is 3.83. The Morgan fingerprint density at radius 2 is 2.24 bits per heavy atom. The lowest BCUT2D eigenvalue weighted by Crippen LogP contribution is -2.07. The van der Waals surface area contributed by atoms with E-state index in [4.69, 9.17) is 17.3 Å². The van der Waals surface area contributed by atoms with Gasteiger partial charge in [-0.1, -0.05) is 17.7 Å². The minimum absolute atomic E-state index is 0.627. The molecule has 90 valence electrons. The summed E-state index contributed by atoms with van der Waals surface area (Å²) in [6, 6.07) is 5.76. The van der Waals surface area contributed by atoms with Crippen molar-refractivity contribution in [1.82, 2.24) is 20.2 Å². The van der Waals surface area contributed by atoms with Crippen molar-refractivity contribution in [2.45, 2.75) is 19.8 Å². The van der Waals surface area contributed by atoms with Crippen LogP contribution in [0.5, 0.6) is 0 Å². The van der Waals surface area contributed by atoms with Crippen LogP contribution in [-0.2, 0) is 6.42 Å². The average Bonchev–Trinajstić information content (AvgIpc) is 2.78. The van der Waals surface area contributed by atoms with Gasteiger partial charge in [0.2, 0.25) is 0 Å². The number of rotatable bonds is 4. The monoisotopic (exact) mass is 251 g/mol. The van der Waals surface area contributed by atoms with E-state index in [9.17, 15) is 0 Å². The first kappa shape index (κ1) is 12.0. The summed E-state index contributed by atoms with van der Waals surface area (Å²) in [5.41, 5.74) is 7.39. The number of aromatic nitrogens is 4. The smallest absolute Gasteiger partial charge is 0.156 e. The summed E-state index contributed by atoms with van der Waals surface area (Å²) in [6.45, 7) is 2.59. The highest BCUT2D eigenvalue weighted by atomic mass is 35.5. The lowest BCUT2D eigenvalue weighted by Gasteiger charge is -2.05. The molecule has 2 aromatic rings. The van der Waals surface area contributed by atoms with Gasteiger partial charge in [0, 0.05) is 11.4 Å². The molecule has 0 amide bonds. The molecule has 0 aliphatic heterocycles. The van der Waals surface area contributed by atoms with E-state index in [1.807, 2.05) is 25.1 Å². The zero-order chi connectivity index (χ0) is 12.3. The van der Waals surface area contributed by atoms with E-state index in [1.54, 1.807) is 4.68 Å². The molecule has 0 fully saturated rings. The quantitative estimate of drug-likeness (QED) is 0.894. The number of hydrogen-bond donors (Lipinski definition) is 1. The number of nitrogens with zero attached hydrogens (tertiary/aromatic N) is 4. The molecule has 17 heavy (non-hydrogen) atoms. The van der Waals surface area contributed by atoms with Crippen molar-refractivity contribution in [3.63, 3.8) is 0 Å². The van der Waals surface area contributed by atoms with Crippen LogP contribution < -0.4 is 5.73 Å². The van der Waals surface area contributed by atoms with E-state index in [0.29, 0.717) is 11.6 Å². The average molecular weight is 252 g/mol. The first-order valence-corrected chi connectivity index (χ1v) is 5.84. The molecule has 1 heterocycles. The van der Waals surface area contributed by atoms with Gasteiger partial charge in [-0.3, -0.25) is 0 Å². The molecule has 0 saturated carbocycles. The molecule has 0 bridgehead atoms. The van der Waals surface area contributed by atoms with Gasteiger partial charge in [-0.15, -0.1) is 5.10 Å². The van der Waals surface area contributed by atoms with Crippen molar-refractivity contribution < 1.29 is 0 Å². The van der Waals surface area contributed by atoms with Crippen molar-refractivity contribution in [2.75, 3.05) is 6.54 Å². The molecule has 0 spiro atoms. The lowest BCUT2D eigenvalue weighted by molar-refractivity contribution is 0.726. The molecule has 0 aliphatic rings. The van der Waals surface area contributed by atoms with E-state index in [2.05, 4.69) is 15.5 Å². The van der Waals surface area contributed by atoms with Crippen molar-refractivity contribution in [2.24, 2.45) is 5.73 Å². The minimum Gasteiger partial charge on any atom is -0.330 e. The molecule has 6 heteroatoms. The largest absolute Gasteiger partial charge is 0.330 e. The highest BCUT2D eigenvalue weighted by Gasteiger charge is 2.08. The maximum absolute atomic E-state index is 6.09. The highest BCUT2D eigenvalue weighted by molar-refractivity contribution is 6.31. The molecule has 1 aromatic heterocycles. The van der Waals surface area contributed by atoms with Crippen molar-refractivity contribution >= 4 is 11.6 Å². The van der Waals surface area contributed by atoms with E-state index in [0.717, 1.165) is 29.9 Å². The Labute approximate surface area is 105 Å². The SMILES string of the molecule is Cc1ccc(-n2nnnc2CCCN)cc1Cl. The van der Waals surface area contributed by atoms with Gasteiger partial charge in [0.25, 0.3) is 0 Å². The van der Waals surface area contributed by atoms with Crippen LogP contribution in [0.2, 0.25) is 5.02 Å². The Morgan fingerprint density at radius 3 is 2.94 bits per heavy atom. The maximum Gasteiger partial charge on any atom is 0.156 e. The molecular weight excluding hydrogens is 238 g/mol. The summed E-state index contributed by atoms with van der Waals surface area (Å²) in [7, 11) is 0. The summed E-state index contributed by atoms with van der Waals surface area (Å²) in [6.07, 6.45) is 1.62. The molecule has 0 radical (unpaired) electrons. The van der Waals surface area contributed by atoms with Crippen molar-refractivity contribution in [1.29, 1.82) is 0 Å². The fraction of sp³-hybridized carbons (Fsp3) is 0.364. The van der Waals surface area contributed by atoms with Crippen LogP contribution in [0.4, 0.5) is 0 Å². The maximum atomic E-state index is 6.09. The predicted molar refractivity (Wildman–Crippen MR) is 66.3 cm³/mol. The third-order valence-corrected chi connectivity index (χ3v) is 2.95. The zero-order valence-electron chi connectivity index (χ0n) is 9.60. The summed E-state index contributed by atoms with van der Waals surface area (Å²) in [5, 5.41) is 12.3. The van der Waals surface area contributed by atoms with Crippen LogP contribution in [0.15, 0.2) is 18.2 Å². The van der Waals surface area contributed by atoms with Gasteiger partial charge in [-0.25, -0.2) is 0 Å². The molecule has 5 nitrogen and oxygen atoms in total. The van der Waals surface area contributed by atoms with Crippen molar-refractivity contribution in [3.05, 3.63) is 34.6 Å². The first-order valence-electron chi connectivity index (χ1n) is 5.46. The van der Waals surface area contributed by atoms with E-state index in [1.165, 1.54) is 0 Å². The second kappa shape index (κ2) is 5.25. The van der Waals surface area contributed by atoms with Gasteiger partial charge >= 0.3 is 0 Å². The molecule has 0 saturated heterocycles. The Balaban J connectivity index is 2.32. The molecule has 0 aliphatic carbocycles. The van der Waals surface area contributed by atoms with Crippen LogP contribution in [0, 0.1) is 6.92 Å². The normalized spacial score (nSPS) is 10.8. The standard InChI is InChI=1S/C11H14ClN5/c1-8-4-5-9(7-10(8)12)17-11(3-2-6-13)14-15-16-17/h4-5,7H,2-3,6,13H2,1H3. The predicted octanol–water partition coefficient (Wildman–Crippen LogP) is 1.52. The van der Waals surface area contributed by atoms with E-state index >= 15 is 0 Å². The van der Waals surface area contributed by atoms with Gasteiger partial charge in [-0.05, 0) is 48.0 Å². The van der Waals surface area contributed by atoms with Gasteiger partial charge in [-0.2, -0.15) is 4.68 Å². The number of nitrogens with two attached hydrogens (primary N) is 1. The summed E-state index contributed by atoms with van der Waals surface area (Å²) in [5.74, 6) is 0.801. The Bertz CT molecular complexity index is 508. The Hall–Kier alpha value is -1.46. The van der Waals surface area contributed by atoms with E-state index in [-0.39, 0.29) is 0 Å². The highest BCUT2D eigenvalue weighted by Crippen LogP contribution is 2.19. The summed E-state index contributed by atoms with van der Waals surface area (Å²) in [4.78, 5) is 0. The second-order valence-corrected chi connectivity index (χ2v) is 4.24. The van der Waals surface area contributed by atoms with Gasteiger partial charge in [0.15, 0.2) is 5.82 Å². The zero-order valence-corrected chi connectivity index (χ0v) is 10.4. The molecule has 0 atom stereocenters. The summed E-state index contributed by atoms with van der Waals surface area (Å²) >= 11 is 6.09. The fourth-order valence-corrected chi connectivity index (χ4v) is 1.71. The van der Waals surface area contributed by atoms with Crippen molar-refractivity contribution in [3.8, 4) is 5.69 Å². The number of benzene rings is 1. The van der Waals surface area contributed by atoms with E-state index < -0.39 is 0 Å². The number of tetrazole rings is 1. The van der Waals surface area contributed by atoms with Gasteiger partial charge in [0.1, 0.15) is 0 Å². The Morgan fingerprint density at radius 1 is 1.41 bits per heavy atom. The van der Waals surface area contributed by atoms with Gasteiger partial charge < -0.3 is 5.73 Å². The third kappa shape index (κ3) is 2.62. The first-order chi connectivity index (χ1) is 8.22. The fourth-order valence-electron chi connectivity index (χ4n) is 1.54. The molecule has 2 rings (SSSR count). The van der Waals surface area contributed by atoms with Crippen LogP contribution in [0.3, 0.4) is 0 Å². The number of hydrogen-bond acceptors (Lipinski definition) is 4. The topological polar surface area (TPSA) is 69.6 Å². The minimum atomic E-state index is 0.627. The Kier molecular flexibility index (Phi) is 3.71. The molecule has 1 aromatic carbocycles. The lowest BCUT2D eigenvalue weighted by atomic mass is 10.2.